The maximum atomic E-state index is 11.2. The molecule has 0 N–H and O–H groups in total. The van der Waals surface area contributed by atoms with E-state index in [9.17, 15) is 4.79 Å². The van der Waals surface area contributed by atoms with Gasteiger partial charge in [0.2, 0.25) is 0 Å². The summed E-state index contributed by atoms with van der Waals surface area (Å²) in [6.07, 6.45) is 3.16. The molecule has 0 bridgehead atoms. The topological polar surface area (TPSA) is 47.3 Å². The number of Topliss-reactive ketones (excluding diaryl/α,β-unsaturated/α-hetero) is 1. The number of aromatic nitrogens is 3. The summed E-state index contributed by atoms with van der Waals surface area (Å²) in [5, 5.41) is 8.00. The Labute approximate surface area is 79.2 Å². The van der Waals surface area contributed by atoms with Gasteiger partial charge < -0.3 is 0 Å². The number of carbonyl (C=O) groups excluding carboxylic acids is 1. The lowest BCUT2D eigenvalue weighted by Crippen LogP contribution is -1.97. The average Bonchev–Trinajstić information content (AvgIpc) is 2.49. The molecule has 0 aliphatic carbocycles. The Morgan fingerprint density at radius 3 is 3.08 bits per heavy atom. The van der Waals surface area contributed by atoms with Crippen LogP contribution in [0.1, 0.15) is 17.3 Å². The molecule has 0 radical (unpaired) electrons. The minimum absolute atomic E-state index is 0.0690. The smallest absolute Gasteiger partial charge is 0.171 e. The van der Waals surface area contributed by atoms with Crippen molar-refractivity contribution >= 4 is 23.0 Å². The quantitative estimate of drug-likeness (QED) is 0.650. The van der Waals surface area contributed by atoms with Crippen LogP contribution in [0.4, 0.5) is 0 Å². The zero-order valence-corrected chi connectivity index (χ0v) is 7.62. The number of nitrogens with zero attached hydrogens (tertiary/aromatic N) is 3. The van der Waals surface area contributed by atoms with Crippen LogP contribution in [0.25, 0.3) is 5.65 Å². The first-order chi connectivity index (χ1) is 6.18. The van der Waals surface area contributed by atoms with Gasteiger partial charge in [-0.2, -0.15) is 0 Å². The summed E-state index contributed by atoms with van der Waals surface area (Å²) < 4.78 is 1.62. The molecule has 2 rings (SSSR count). The van der Waals surface area contributed by atoms with Crippen molar-refractivity contribution in [2.45, 2.75) is 6.92 Å². The SMILES string of the molecule is CC(=O)c1cc(Cl)cn2cnnc12. The van der Waals surface area contributed by atoms with Gasteiger partial charge in [-0.1, -0.05) is 11.6 Å². The molecule has 2 aromatic heterocycles. The van der Waals surface area contributed by atoms with E-state index < -0.39 is 0 Å². The number of ketones is 1. The molecular weight excluding hydrogens is 190 g/mol. The van der Waals surface area contributed by atoms with Crippen molar-refractivity contribution in [3.8, 4) is 0 Å². The predicted octanol–water partition coefficient (Wildman–Crippen LogP) is 1.59. The third kappa shape index (κ3) is 1.29. The zero-order valence-electron chi connectivity index (χ0n) is 6.86. The maximum absolute atomic E-state index is 11.2. The van der Waals surface area contributed by atoms with Crippen LogP contribution >= 0.6 is 11.6 Å². The lowest BCUT2D eigenvalue weighted by atomic mass is 10.2. The van der Waals surface area contributed by atoms with Crippen molar-refractivity contribution in [2.75, 3.05) is 0 Å². The van der Waals surface area contributed by atoms with Crippen molar-refractivity contribution in [1.29, 1.82) is 0 Å². The van der Waals surface area contributed by atoms with E-state index in [1.165, 1.54) is 13.3 Å². The highest BCUT2D eigenvalue weighted by molar-refractivity contribution is 6.31. The van der Waals surface area contributed by atoms with Gasteiger partial charge in [-0.15, -0.1) is 10.2 Å². The van der Waals surface area contributed by atoms with E-state index in [4.69, 9.17) is 11.6 Å². The van der Waals surface area contributed by atoms with Crippen LogP contribution in [-0.2, 0) is 0 Å². The normalized spacial score (nSPS) is 10.6. The number of carbonyl (C=O) groups is 1. The monoisotopic (exact) mass is 195 g/mol. The van der Waals surface area contributed by atoms with E-state index in [1.54, 1.807) is 16.7 Å². The summed E-state index contributed by atoms with van der Waals surface area (Å²) in [5.74, 6) is -0.0690. The largest absolute Gasteiger partial charge is 0.294 e. The van der Waals surface area contributed by atoms with Crippen LogP contribution in [0.5, 0.6) is 0 Å². The van der Waals surface area contributed by atoms with Crippen molar-refractivity contribution in [3.63, 3.8) is 0 Å². The molecule has 0 saturated carbocycles. The third-order valence-electron chi connectivity index (χ3n) is 1.74. The highest BCUT2D eigenvalue weighted by atomic mass is 35.5. The molecule has 0 saturated heterocycles. The molecule has 2 aromatic rings. The van der Waals surface area contributed by atoms with Crippen LogP contribution in [0, 0.1) is 0 Å². The predicted molar refractivity (Wildman–Crippen MR) is 48.0 cm³/mol. The number of hydrogen-bond donors (Lipinski definition) is 0. The van der Waals surface area contributed by atoms with Gasteiger partial charge in [0.1, 0.15) is 6.33 Å². The molecule has 0 atom stereocenters. The Kier molecular flexibility index (Phi) is 1.77. The molecule has 0 aliphatic rings. The lowest BCUT2D eigenvalue weighted by molar-refractivity contribution is 0.101. The van der Waals surface area contributed by atoms with Gasteiger partial charge in [0.15, 0.2) is 11.4 Å². The van der Waals surface area contributed by atoms with E-state index in [1.807, 2.05) is 0 Å². The summed E-state index contributed by atoms with van der Waals surface area (Å²) >= 11 is 5.80. The highest BCUT2D eigenvalue weighted by Crippen LogP contribution is 2.15. The minimum Gasteiger partial charge on any atom is -0.294 e. The summed E-state index contributed by atoms with van der Waals surface area (Å²) in [6, 6.07) is 1.59. The van der Waals surface area contributed by atoms with Gasteiger partial charge >= 0.3 is 0 Å². The number of rotatable bonds is 1. The Morgan fingerprint density at radius 1 is 1.62 bits per heavy atom. The number of hydrogen-bond acceptors (Lipinski definition) is 3. The van der Waals surface area contributed by atoms with E-state index >= 15 is 0 Å². The first-order valence-corrected chi connectivity index (χ1v) is 4.06. The third-order valence-corrected chi connectivity index (χ3v) is 1.94. The Hall–Kier alpha value is -1.42. The lowest BCUT2D eigenvalue weighted by Gasteiger charge is -1.98. The second-order valence-electron chi connectivity index (χ2n) is 2.69. The van der Waals surface area contributed by atoms with E-state index in [-0.39, 0.29) is 5.78 Å². The number of halogens is 1. The first-order valence-electron chi connectivity index (χ1n) is 3.68. The standard InChI is InChI=1S/C8H6ClN3O/c1-5(13)7-2-6(9)3-12-4-10-11-8(7)12/h2-4H,1H3. The highest BCUT2D eigenvalue weighted by Gasteiger charge is 2.08. The molecule has 0 aromatic carbocycles. The van der Waals surface area contributed by atoms with E-state index in [2.05, 4.69) is 10.2 Å². The van der Waals surface area contributed by atoms with Gasteiger partial charge in [0.05, 0.1) is 10.6 Å². The fourth-order valence-corrected chi connectivity index (χ4v) is 1.38. The molecule has 2 heterocycles. The van der Waals surface area contributed by atoms with Crippen LogP contribution in [0.15, 0.2) is 18.6 Å². The summed E-state index contributed by atoms with van der Waals surface area (Å²) in [6.45, 7) is 1.47. The molecule has 66 valence electrons. The van der Waals surface area contributed by atoms with Crippen molar-refractivity contribution in [2.24, 2.45) is 0 Å². The van der Waals surface area contributed by atoms with Gasteiger partial charge in [-0.05, 0) is 13.0 Å². The molecule has 5 heteroatoms. The second-order valence-corrected chi connectivity index (χ2v) is 3.13. The van der Waals surface area contributed by atoms with E-state index in [0.29, 0.717) is 16.2 Å². The number of fused-ring (bicyclic) bond motifs is 1. The number of pyridine rings is 1. The molecule has 0 unspecified atom stereocenters. The van der Waals surface area contributed by atoms with Crippen molar-refractivity contribution in [1.82, 2.24) is 14.6 Å². The molecule has 4 nitrogen and oxygen atoms in total. The van der Waals surface area contributed by atoms with E-state index in [0.717, 1.165) is 0 Å². The van der Waals surface area contributed by atoms with Gasteiger partial charge in [-0.3, -0.25) is 9.20 Å². The summed E-state index contributed by atoms with van der Waals surface area (Å²) in [5.41, 5.74) is 1.03. The van der Waals surface area contributed by atoms with Gasteiger partial charge in [0, 0.05) is 6.20 Å². The van der Waals surface area contributed by atoms with Crippen molar-refractivity contribution in [3.05, 3.63) is 29.2 Å². The average molecular weight is 196 g/mol. The van der Waals surface area contributed by atoms with Crippen molar-refractivity contribution < 1.29 is 4.79 Å². The zero-order chi connectivity index (χ0) is 9.42. The van der Waals surface area contributed by atoms with Crippen LogP contribution in [-0.4, -0.2) is 20.4 Å². The summed E-state index contributed by atoms with van der Waals surface area (Å²) in [7, 11) is 0. The molecular formula is C8H6ClN3O. The van der Waals surface area contributed by atoms with Crippen LogP contribution in [0.2, 0.25) is 5.02 Å². The Bertz CT molecular complexity index is 477. The molecule has 0 amide bonds. The Morgan fingerprint density at radius 2 is 2.38 bits per heavy atom. The first kappa shape index (κ1) is 8.19. The second kappa shape index (κ2) is 2.81. The van der Waals surface area contributed by atoms with Gasteiger partial charge in [-0.25, -0.2) is 0 Å². The molecule has 0 spiro atoms. The molecule has 13 heavy (non-hydrogen) atoms. The fraction of sp³-hybridized carbons (Fsp3) is 0.125. The minimum atomic E-state index is -0.0690. The fourth-order valence-electron chi connectivity index (χ4n) is 1.16. The Balaban J connectivity index is 2.84. The van der Waals surface area contributed by atoms with Gasteiger partial charge in [0.25, 0.3) is 0 Å². The van der Waals surface area contributed by atoms with Crippen LogP contribution < -0.4 is 0 Å². The van der Waals surface area contributed by atoms with Crippen LogP contribution in [0.3, 0.4) is 0 Å². The molecule has 0 aliphatic heterocycles. The molecule has 0 fully saturated rings. The summed E-state index contributed by atoms with van der Waals surface area (Å²) in [4.78, 5) is 11.2. The maximum Gasteiger partial charge on any atom is 0.171 e.